The van der Waals surface area contributed by atoms with E-state index >= 15 is 0 Å². The molecule has 0 saturated carbocycles. The Balaban J connectivity index is 1.69. The summed E-state index contributed by atoms with van der Waals surface area (Å²) in [6.45, 7) is -0.250. The molecular weight excluding hydrogens is 307 g/mol. The summed E-state index contributed by atoms with van der Waals surface area (Å²) in [5, 5.41) is 6.17. The van der Waals surface area contributed by atoms with Gasteiger partial charge in [0.05, 0.1) is 0 Å². The summed E-state index contributed by atoms with van der Waals surface area (Å²) >= 11 is 0. The highest BCUT2D eigenvalue weighted by molar-refractivity contribution is 5.91. The van der Waals surface area contributed by atoms with E-state index in [1.54, 1.807) is 0 Å². The second-order valence-electron chi connectivity index (χ2n) is 5.59. The molecule has 2 aromatic rings. The summed E-state index contributed by atoms with van der Waals surface area (Å²) in [4.78, 5) is 12.1. The number of alkyl halides is 3. The minimum absolute atomic E-state index is 0.250. The zero-order chi connectivity index (χ0) is 16.4. The van der Waals surface area contributed by atoms with E-state index in [-0.39, 0.29) is 12.5 Å². The number of nitrogens with one attached hydrogen (secondary N) is 1. The SMILES string of the molecule is O=C(Cn1ccc(C(F)(F)F)n1)Nc1cccc2c1CCCC2. The highest BCUT2D eigenvalue weighted by Gasteiger charge is 2.33. The molecule has 1 aromatic carbocycles. The molecular formula is C16H16F3N3O. The number of carbonyl (C=O) groups excluding carboxylic acids is 1. The van der Waals surface area contributed by atoms with Crippen molar-refractivity contribution in [2.45, 2.75) is 38.4 Å². The summed E-state index contributed by atoms with van der Waals surface area (Å²) < 4.78 is 38.5. The van der Waals surface area contributed by atoms with Gasteiger partial charge in [0.15, 0.2) is 5.69 Å². The van der Waals surface area contributed by atoms with Crippen molar-refractivity contribution in [3.8, 4) is 0 Å². The first-order valence-electron chi connectivity index (χ1n) is 7.45. The van der Waals surface area contributed by atoms with Crippen LogP contribution in [0.4, 0.5) is 18.9 Å². The van der Waals surface area contributed by atoms with Crippen molar-refractivity contribution < 1.29 is 18.0 Å². The first-order chi connectivity index (χ1) is 10.9. The maximum atomic E-state index is 12.5. The second-order valence-corrected chi connectivity index (χ2v) is 5.59. The van der Waals surface area contributed by atoms with Crippen LogP contribution in [0.2, 0.25) is 0 Å². The molecule has 1 aliphatic rings. The van der Waals surface area contributed by atoms with E-state index < -0.39 is 11.9 Å². The van der Waals surface area contributed by atoms with Crippen molar-refractivity contribution >= 4 is 11.6 Å². The molecule has 1 aromatic heterocycles. The van der Waals surface area contributed by atoms with Gasteiger partial charge in [0.25, 0.3) is 0 Å². The first kappa shape index (κ1) is 15.6. The lowest BCUT2D eigenvalue weighted by Crippen LogP contribution is -2.21. The maximum absolute atomic E-state index is 12.5. The number of halogens is 3. The van der Waals surface area contributed by atoms with Gasteiger partial charge in [-0.1, -0.05) is 12.1 Å². The molecule has 0 fully saturated rings. The third-order valence-corrected chi connectivity index (χ3v) is 3.91. The number of aryl methyl sites for hydroxylation is 1. The number of hydrogen-bond donors (Lipinski definition) is 1. The third-order valence-electron chi connectivity index (χ3n) is 3.91. The molecule has 0 atom stereocenters. The van der Waals surface area contributed by atoms with Crippen LogP contribution in [-0.2, 0) is 30.4 Å². The van der Waals surface area contributed by atoms with E-state index in [1.807, 2.05) is 18.2 Å². The molecule has 4 nitrogen and oxygen atoms in total. The normalized spacial score (nSPS) is 14.4. The second kappa shape index (κ2) is 6.06. The molecule has 1 N–H and O–H groups in total. The van der Waals surface area contributed by atoms with Gasteiger partial charge in [0.1, 0.15) is 6.54 Å². The Kier molecular flexibility index (Phi) is 4.11. The number of hydrogen-bond acceptors (Lipinski definition) is 2. The number of amides is 1. The number of fused-ring (bicyclic) bond motifs is 1. The van der Waals surface area contributed by atoms with Crippen molar-refractivity contribution in [1.29, 1.82) is 0 Å². The van der Waals surface area contributed by atoms with E-state index in [0.29, 0.717) is 0 Å². The number of anilines is 1. The van der Waals surface area contributed by atoms with Gasteiger partial charge in [0, 0.05) is 11.9 Å². The van der Waals surface area contributed by atoms with Gasteiger partial charge in [-0.3, -0.25) is 9.48 Å². The van der Waals surface area contributed by atoms with Gasteiger partial charge < -0.3 is 5.32 Å². The van der Waals surface area contributed by atoms with E-state index in [1.165, 1.54) is 5.56 Å². The lowest BCUT2D eigenvalue weighted by Gasteiger charge is -2.19. The summed E-state index contributed by atoms with van der Waals surface area (Å²) in [5.74, 6) is -0.388. The molecule has 0 spiro atoms. The number of carbonyl (C=O) groups is 1. The monoisotopic (exact) mass is 323 g/mol. The summed E-state index contributed by atoms with van der Waals surface area (Å²) in [6.07, 6.45) is 0.772. The van der Waals surface area contributed by atoms with Crippen molar-refractivity contribution in [3.05, 3.63) is 47.3 Å². The molecule has 1 amide bonds. The molecule has 0 saturated heterocycles. The average Bonchev–Trinajstić information content (AvgIpc) is 2.96. The number of benzene rings is 1. The highest BCUT2D eigenvalue weighted by atomic mass is 19.4. The zero-order valence-electron chi connectivity index (χ0n) is 12.4. The summed E-state index contributed by atoms with van der Waals surface area (Å²) in [7, 11) is 0. The number of nitrogens with zero attached hydrogens (tertiary/aromatic N) is 2. The number of aromatic nitrogens is 2. The van der Waals surface area contributed by atoms with Crippen LogP contribution < -0.4 is 5.32 Å². The van der Waals surface area contributed by atoms with Crippen molar-refractivity contribution in [3.63, 3.8) is 0 Å². The smallest absolute Gasteiger partial charge is 0.324 e. The molecule has 7 heteroatoms. The first-order valence-corrected chi connectivity index (χ1v) is 7.45. The predicted molar refractivity (Wildman–Crippen MR) is 78.9 cm³/mol. The van der Waals surface area contributed by atoms with E-state index in [0.717, 1.165) is 53.9 Å². The Labute approximate surface area is 131 Å². The molecule has 0 aliphatic heterocycles. The van der Waals surface area contributed by atoms with Crippen molar-refractivity contribution in [1.82, 2.24) is 9.78 Å². The summed E-state index contributed by atoms with van der Waals surface area (Å²) in [6, 6.07) is 6.62. The Bertz CT molecular complexity index is 722. The molecule has 0 unspecified atom stereocenters. The van der Waals surface area contributed by atoms with E-state index in [9.17, 15) is 18.0 Å². The lowest BCUT2D eigenvalue weighted by atomic mass is 9.90. The molecule has 23 heavy (non-hydrogen) atoms. The fraction of sp³-hybridized carbons (Fsp3) is 0.375. The molecule has 1 heterocycles. The van der Waals surface area contributed by atoms with Crippen LogP contribution in [-0.4, -0.2) is 15.7 Å². The molecule has 3 rings (SSSR count). The van der Waals surface area contributed by atoms with Gasteiger partial charge in [-0.15, -0.1) is 0 Å². The number of rotatable bonds is 3. The minimum Gasteiger partial charge on any atom is -0.324 e. The Morgan fingerprint density at radius 2 is 2.00 bits per heavy atom. The van der Waals surface area contributed by atoms with Crippen LogP contribution in [0.25, 0.3) is 0 Å². The van der Waals surface area contributed by atoms with Crippen LogP contribution in [0.5, 0.6) is 0 Å². The Morgan fingerprint density at radius 1 is 1.22 bits per heavy atom. The van der Waals surface area contributed by atoms with Crippen LogP contribution >= 0.6 is 0 Å². The lowest BCUT2D eigenvalue weighted by molar-refractivity contribution is -0.141. The van der Waals surface area contributed by atoms with Crippen LogP contribution in [0.1, 0.15) is 29.7 Å². The standard InChI is InChI=1S/C16H16F3N3O/c17-16(18,19)14-8-9-22(21-14)10-15(23)20-13-7-3-5-11-4-1-2-6-12(11)13/h3,5,7-9H,1-2,4,6,10H2,(H,20,23). The van der Waals surface area contributed by atoms with Gasteiger partial charge in [0.2, 0.25) is 5.91 Å². The van der Waals surface area contributed by atoms with Crippen molar-refractivity contribution in [2.24, 2.45) is 0 Å². The van der Waals surface area contributed by atoms with E-state index in [2.05, 4.69) is 10.4 Å². The average molecular weight is 323 g/mol. The predicted octanol–water partition coefficient (Wildman–Crippen LogP) is 3.42. The summed E-state index contributed by atoms with van der Waals surface area (Å²) in [5.41, 5.74) is 2.11. The molecule has 0 bridgehead atoms. The Hall–Kier alpha value is -2.31. The molecule has 0 radical (unpaired) electrons. The van der Waals surface area contributed by atoms with Crippen LogP contribution in [0, 0.1) is 0 Å². The Morgan fingerprint density at radius 3 is 2.74 bits per heavy atom. The maximum Gasteiger partial charge on any atom is 0.435 e. The highest BCUT2D eigenvalue weighted by Crippen LogP contribution is 2.28. The molecule has 1 aliphatic carbocycles. The third kappa shape index (κ3) is 3.55. The van der Waals surface area contributed by atoms with Crippen LogP contribution in [0.15, 0.2) is 30.5 Å². The quantitative estimate of drug-likeness (QED) is 0.941. The van der Waals surface area contributed by atoms with E-state index in [4.69, 9.17) is 0 Å². The van der Waals surface area contributed by atoms with Gasteiger partial charge in [-0.25, -0.2) is 0 Å². The largest absolute Gasteiger partial charge is 0.435 e. The minimum atomic E-state index is -4.50. The van der Waals surface area contributed by atoms with Gasteiger partial charge in [-0.2, -0.15) is 18.3 Å². The molecule has 122 valence electrons. The fourth-order valence-electron chi connectivity index (χ4n) is 2.84. The zero-order valence-corrected chi connectivity index (χ0v) is 12.4. The van der Waals surface area contributed by atoms with Crippen molar-refractivity contribution in [2.75, 3.05) is 5.32 Å². The fourth-order valence-corrected chi connectivity index (χ4v) is 2.84. The topological polar surface area (TPSA) is 46.9 Å². The van der Waals surface area contributed by atoms with Crippen LogP contribution in [0.3, 0.4) is 0 Å². The van der Waals surface area contributed by atoms with Gasteiger partial charge >= 0.3 is 6.18 Å². The van der Waals surface area contributed by atoms with Gasteiger partial charge in [-0.05, 0) is 48.9 Å².